The van der Waals surface area contributed by atoms with Gasteiger partial charge in [-0.25, -0.2) is 4.98 Å². The highest BCUT2D eigenvalue weighted by atomic mass is 35.5. The van der Waals surface area contributed by atoms with Crippen LogP contribution in [0, 0.1) is 12.8 Å². The second-order valence-electron chi connectivity index (χ2n) is 4.99. The number of thiazole rings is 1. The summed E-state index contributed by atoms with van der Waals surface area (Å²) >= 11 is 8.12. The van der Waals surface area contributed by atoms with Crippen molar-refractivity contribution in [2.45, 2.75) is 25.1 Å². The van der Waals surface area contributed by atoms with Crippen LogP contribution in [0.15, 0.2) is 34.7 Å². The van der Waals surface area contributed by atoms with E-state index in [0.29, 0.717) is 0 Å². The molecule has 3 rings (SSSR count). The maximum absolute atomic E-state index is 6.57. The van der Waals surface area contributed by atoms with Gasteiger partial charge < -0.3 is 0 Å². The summed E-state index contributed by atoms with van der Waals surface area (Å²) in [5.41, 5.74) is 6.58. The van der Waals surface area contributed by atoms with Gasteiger partial charge in [-0.1, -0.05) is 24.3 Å². The molecule has 5 heteroatoms. The Kier molecular flexibility index (Phi) is 4.03. The lowest BCUT2D eigenvalue weighted by molar-refractivity contribution is 0.575. The quantitative estimate of drug-likeness (QED) is 0.519. The third kappa shape index (κ3) is 2.86. The molecule has 1 heterocycles. The Bertz CT molecular complexity index is 623. The molecule has 0 aliphatic heterocycles. The number of alkyl halides is 1. The first-order valence-electron chi connectivity index (χ1n) is 6.67. The van der Waals surface area contributed by atoms with Crippen LogP contribution in [0.3, 0.4) is 0 Å². The zero-order valence-electron chi connectivity index (χ0n) is 11.2. The molecule has 0 bridgehead atoms. The van der Waals surface area contributed by atoms with E-state index in [1.54, 1.807) is 11.3 Å². The number of nitrogens with one attached hydrogen (secondary N) is 1. The molecule has 2 atom stereocenters. The number of nitrogens with zero attached hydrogens (tertiary/aromatic N) is 2. The van der Waals surface area contributed by atoms with Gasteiger partial charge in [-0.05, 0) is 30.9 Å². The van der Waals surface area contributed by atoms with Gasteiger partial charge in [0.05, 0.1) is 11.1 Å². The fourth-order valence-electron chi connectivity index (χ4n) is 2.47. The maximum Gasteiger partial charge on any atom is 0.203 e. The van der Waals surface area contributed by atoms with E-state index in [2.05, 4.69) is 33.7 Å². The second kappa shape index (κ2) is 5.94. The fourth-order valence-corrected chi connectivity index (χ4v) is 3.51. The molecule has 0 saturated carbocycles. The minimum absolute atomic E-state index is 0.00327. The molecule has 3 nitrogen and oxygen atoms in total. The largest absolute Gasteiger partial charge is 0.253 e. The molecule has 1 N–H and O–H groups in total. The number of hydrogen-bond acceptors (Lipinski definition) is 4. The van der Waals surface area contributed by atoms with Crippen LogP contribution in [0.25, 0.3) is 0 Å². The number of halogens is 1. The van der Waals surface area contributed by atoms with Crippen LogP contribution in [0.5, 0.6) is 0 Å². The smallest absolute Gasteiger partial charge is 0.203 e. The van der Waals surface area contributed by atoms with Gasteiger partial charge >= 0.3 is 0 Å². The summed E-state index contributed by atoms with van der Waals surface area (Å²) in [6.07, 6.45) is 4.02. The van der Waals surface area contributed by atoms with Crippen LogP contribution < -0.4 is 5.43 Å². The second-order valence-corrected chi connectivity index (χ2v) is 6.32. The van der Waals surface area contributed by atoms with Gasteiger partial charge in [0.15, 0.2) is 0 Å². The van der Waals surface area contributed by atoms with Crippen molar-refractivity contribution < 1.29 is 0 Å². The molecular weight excluding hydrogens is 290 g/mol. The molecule has 20 heavy (non-hydrogen) atoms. The van der Waals surface area contributed by atoms with Crippen LogP contribution in [-0.2, 0) is 6.42 Å². The number of hydrogen-bond donors (Lipinski definition) is 1. The van der Waals surface area contributed by atoms with Crippen molar-refractivity contribution in [3.8, 4) is 0 Å². The van der Waals surface area contributed by atoms with Gasteiger partial charge in [0.1, 0.15) is 0 Å². The summed E-state index contributed by atoms with van der Waals surface area (Å²) in [6, 6.07) is 8.40. The van der Waals surface area contributed by atoms with Crippen LogP contribution >= 0.6 is 22.9 Å². The molecule has 0 fully saturated rings. The van der Waals surface area contributed by atoms with E-state index in [-0.39, 0.29) is 11.3 Å². The number of benzene rings is 1. The molecule has 1 aliphatic carbocycles. The number of fused-ring (bicyclic) bond motifs is 1. The Morgan fingerprint density at radius 3 is 3.10 bits per heavy atom. The summed E-state index contributed by atoms with van der Waals surface area (Å²) in [6.45, 7) is 1.97. The van der Waals surface area contributed by atoms with Crippen LogP contribution in [0.2, 0.25) is 0 Å². The Balaban J connectivity index is 1.67. The SMILES string of the molecule is Cc1csc(N/N=C/C2CCc3ccccc3C2Cl)n1. The maximum atomic E-state index is 6.57. The van der Waals surface area contributed by atoms with E-state index in [4.69, 9.17) is 11.6 Å². The molecule has 1 aliphatic rings. The predicted octanol–water partition coefficient (Wildman–Crippen LogP) is 4.39. The van der Waals surface area contributed by atoms with Gasteiger partial charge in [0.25, 0.3) is 0 Å². The van der Waals surface area contributed by atoms with Crippen molar-refractivity contribution >= 4 is 34.3 Å². The molecule has 0 radical (unpaired) electrons. The summed E-state index contributed by atoms with van der Waals surface area (Å²) in [5.74, 6) is 0.264. The standard InChI is InChI=1S/C15H16ClN3S/c1-10-9-20-15(18-10)19-17-8-12-7-6-11-4-2-3-5-13(11)14(12)16/h2-5,8-9,12,14H,6-7H2,1H3,(H,18,19)/b17-8+. The van der Waals surface area contributed by atoms with E-state index < -0.39 is 0 Å². The Hall–Kier alpha value is -1.39. The Morgan fingerprint density at radius 2 is 2.30 bits per heavy atom. The Morgan fingerprint density at radius 1 is 1.45 bits per heavy atom. The van der Waals surface area contributed by atoms with Crippen LogP contribution in [-0.4, -0.2) is 11.2 Å². The van der Waals surface area contributed by atoms with Gasteiger partial charge in [0.2, 0.25) is 5.13 Å². The van der Waals surface area contributed by atoms with Crippen molar-refractivity contribution in [3.63, 3.8) is 0 Å². The van der Waals surface area contributed by atoms with E-state index >= 15 is 0 Å². The lowest BCUT2D eigenvalue weighted by atomic mass is 9.84. The molecule has 2 aromatic rings. The summed E-state index contributed by atoms with van der Waals surface area (Å²) in [7, 11) is 0. The molecule has 2 unspecified atom stereocenters. The van der Waals surface area contributed by atoms with Gasteiger partial charge in [-0.2, -0.15) is 5.10 Å². The molecule has 0 amide bonds. The summed E-state index contributed by atoms with van der Waals surface area (Å²) in [4.78, 5) is 4.31. The lowest BCUT2D eigenvalue weighted by Gasteiger charge is -2.26. The van der Waals surface area contributed by atoms with Crippen molar-refractivity contribution in [2.75, 3.05) is 5.43 Å². The minimum atomic E-state index is 0.00327. The topological polar surface area (TPSA) is 37.3 Å². The number of aromatic nitrogens is 1. The zero-order valence-corrected chi connectivity index (χ0v) is 12.8. The third-order valence-corrected chi connectivity index (χ3v) is 4.94. The number of anilines is 1. The number of aryl methyl sites for hydroxylation is 2. The average molecular weight is 306 g/mol. The number of hydrazone groups is 1. The predicted molar refractivity (Wildman–Crippen MR) is 85.8 cm³/mol. The van der Waals surface area contributed by atoms with Crippen molar-refractivity contribution in [2.24, 2.45) is 11.0 Å². The molecule has 1 aromatic carbocycles. The van der Waals surface area contributed by atoms with Crippen molar-refractivity contribution in [1.29, 1.82) is 0 Å². The fraction of sp³-hybridized carbons (Fsp3) is 0.333. The molecule has 104 valence electrons. The van der Waals surface area contributed by atoms with Gasteiger partial charge in [0, 0.05) is 17.5 Å². The van der Waals surface area contributed by atoms with E-state index in [1.165, 1.54) is 11.1 Å². The normalized spacial score (nSPS) is 21.9. The first-order chi connectivity index (χ1) is 9.74. The highest BCUT2D eigenvalue weighted by Crippen LogP contribution is 2.38. The van der Waals surface area contributed by atoms with Crippen LogP contribution in [0.1, 0.15) is 28.6 Å². The first-order valence-corrected chi connectivity index (χ1v) is 7.99. The van der Waals surface area contributed by atoms with Crippen molar-refractivity contribution in [3.05, 3.63) is 46.5 Å². The first kappa shape index (κ1) is 13.6. The van der Waals surface area contributed by atoms with E-state index in [9.17, 15) is 0 Å². The number of rotatable bonds is 3. The molecule has 1 aromatic heterocycles. The molecule has 0 spiro atoms. The van der Waals surface area contributed by atoms with Gasteiger partial charge in [-0.15, -0.1) is 22.9 Å². The summed E-state index contributed by atoms with van der Waals surface area (Å²) in [5, 5.41) is 7.11. The highest BCUT2D eigenvalue weighted by molar-refractivity contribution is 7.13. The lowest BCUT2D eigenvalue weighted by Crippen LogP contribution is -2.18. The van der Waals surface area contributed by atoms with E-state index in [1.807, 2.05) is 24.6 Å². The third-order valence-electron chi connectivity index (χ3n) is 3.52. The minimum Gasteiger partial charge on any atom is -0.253 e. The monoisotopic (exact) mass is 305 g/mol. The Labute approximate surface area is 127 Å². The molecule has 0 saturated heterocycles. The zero-order chi connectivity index (χ0) is 13.9. The molecular formula is C15H16ClN3S. The van der Waals surface area contributed by atoms with Crippen molar-refractivity contribution in [1.82, 2.24) is 4.98 Å². The van der Waals surface area contributed by atoms with Crippen LogP contribution in [0.4, 0.5) is 5.13 Å². The van der Waals surface area contributed by atoms with Gasteiger partial charge in [-0.3, -0.25) is 5.43 Å². The highest BCUT2D eigenvalue weighted by Gasteiger charge is 2.26. The average Bonchev–Trinajstić information content (AvgIpc) is 2.87. The van der Waals surface area contributed by atoms with E-state index in [0.717, 1.165) is 23.7 Å². The summed E-state index contributed by atoms with van der Waals surface area (Å²) < 4.78 is 0.